The zero-order valence-electron chi connectivity index (χ0n) is 24.9. The van der Waals surface area contributed by atoms with Crippen LogP contribution in [0.5, 0.6) is 5.75 Å². The number of aryl methyl sites for hydroxylation is 1. The maximum atomic E-state index is 14.4. The topological polar surface area (TPSA) is 96.0 Å². The Balaban J connectivity index is 1.80. The number of anilines is 1. The largest absolute Gasteiger partial charge is 0.497 e. The number of nitrogens with zero attached hydrogens (tertiary/aromatic N) is 2. The zero-order valence-corrected chi connectivity index (χ0v) is 25.8. The van der Waals surface area contributed by atoms with E-state index in [1.807, 2.05) is 37.3 Å². The summed E-state index contributed by atoms with van der Waals surface area (Å²) in [6.07, 6.45) is 0.198. The van der Waals surface area contributed by atoms with Gasteiger partial charge >= 0.3 is 0 Å². The van der Waals surface area contributed by atoms with Gasteiger partial charge in [-0.2, -0.15) is 0 Å². The highest BCUT2D eigenvalue weighted by molar-refractivity contribution is 7.92. The number of halogens is 1. The average Bonchev–Trinajstić information content (AvgIpc) is 3.02. The van der Waals surface area contributed by atoms with E-state index in [0.29, 0.717) is 17.9 Å². The molecule has 0 saturated carbocycles. The summed E-state index contributed by atoms with van der Waals surface area (Å²) in [5, 5.41) is 2.83. The second-order valence-electron chi connectivity index (χ2n) is 10.3. The van der Waals surface area contributed by atoms with Crippen LogP contribution >= 0.6 is 0 Å². The van der Waals surface area contributed by atoms with Crippen molar-refractivity contribution in [1.29, 1.82) is 0 Å². The van der Waals surface area contributed by atoms with E-state index < -0.39 is 34.3 Å². The van der Waals surface area contributed by atoms with Crippen molar-refractivity contribution in [3.05, 3.63) is 126 Å². The van der Waals surface area contributed by atoms with Gasteiger partial charge in [0.25, 0.3) is 10.0 Å². The molecule has 2 amide bonds. The first-order valence-electron chi connectivity index (χ1n) is 14.2. The van der Waals surface area contributed by atoms with Crippen LogP contribution in [0.4, 0.5) is 10.1 Å². The van der Waals surface area contributed by atoms with Gasteiger partial charge in [0.2, 0.25) is 11.8 Å². The van der Waals surface area contributed by atoms with E-state index in [0.717, 1.165) is 27.6 Å². The van der Waals surface area contributed by atoms with Crippen LogP contribution in [0, 0.1) is 12.7 Å². The van der Waals surface area contributed by atoms with Crippen LogP contribution < -0.4 is 14.4 Å². The van der Waals surface area contributed by atoms with Crippen LogP contribution in [0.15, 0.2) is 108 Å². The number of carbonyl (C=O) groups excluding carboxylic acids is 2. The Morgan fingerprint density at radius 1 is 0.886 bits per heavy atom. The second kappa shape index (κ2) is 14.7. The summed E-state index contributed by atoms with van der Waals surface area (Å²) in [6.45, 7) is 3.34. The summed E-state index contributed by atoms with van der Waals surface area (Å²) < 4.78 is 48.2. The Kier molecular flexibility index (Phi) is 10.7. The number of hydrogen-bond donors (Lipinski definition) is 1. The lowest BCUT2D eigenvalue weighted by atomic mass is 10.0. The molecule has 4 rings (SSSR count). The van der Waals surface area contributed by atoms with E-state index in [-0.39, 0.29) is 29.5 Å². The van der Waals surface area contributed by atoms with Crippen molar-refractivity contribution in [3.63, 3.8) is 0 Å². The van der Waals surface area contributed by atoms with Crippen molar-refractivity contribution in [2.45, 2.75) is 37.8 Å². The van der Waals surface area contributed by atoms with E-state index in [4.69, 9.17) is 4.74 Å². The predicted molar refractivity (Wildman–Crippen MR) is 168 cm³/mol. The number of methoxy groups -OCH3 is 1. The van der Waals surface area contributed by atoms with E-state index in [1.165, 1.54) is 36.3 Å². The van der Waals surface area contributed by atoms with Gasteiger partial charge in [-0.05, 0) is 73.5 Å². The number of likely N-dealkylation sites (N-methyl/N-ethyl adjacent to an activating group) is 1. The van der Waals surface area contributed by atoms with E-state index in [2.05, 4.69) is 5.32 Å². The summed E-state index contributed by atoms with van der Waals surface area (Å²) in [5.41, 5.74) is 2.49. The highest BCUT2D eigenvalue weighted by Gasteiger charge is 2.34. The van der Waals surface area contributed by atoms with Crippen molar-refractivity contribution in [3.8, 4) is 5.75 Å². The van der Waals surface area contributed by atoms with E-state index >= 15 is 0 Å². The fraction of sp³-hybridized carbons (Fsp3) is 0.235. The van der Waals surface area contributed by atoms with Crippen LogP contribution in [0.2, 0.25) is 0 Å². The molecule has 0 aromatic heterocycles. The van der Waals surface area contributed by atoms with Crippen LogP contribution in [-0.2, 0) is 32.6 Å². The molecule has 0 bridgehead atoms. The van der Waals surface area contributed by atoms with Gasteiger partial charge in [-0.3, -0.25) is 13.9 Å². The quantitative estimate of drug-likeness (QED) is 0.225. The number of rotatable bonds is 13. The SMILES string of the molecule is CCNC(=O)[C@@H](Cc1ccccc1)N(Cc1cccc(OC)c1)C(=O)CN(c1ccc(F)cc1)S(=O)(=O)c1ccc(C)cc1. The number of ether oxygens (including phenoxy) is 1. The monoisotopic (exact) mass is 617 g/mol. The summed E-state index contributed by atoms with van der Waals surface area (Å²) in [5.74, 6) is -0.962. The summed E-state index contributed by atoms with van der Waals surface area (Å²) in [6, 6.07) is 26.6. The molecule has 0 aliphatic carbocycles. The maximum Gasteiger partial charge on any atom is 0.264 e. The first-order chi connectivity index (χ1) is 21.1. The lowest BCUT2D eigenvalue weighted by molar-refractivity contribution is -0.140. The summed E-state index contributed by atoms with van der Waals surface area (Å²) >= 11 is 0. The Bertz CT molecular complexity index is 1660. The molecule has 10 heteroatoms. The third-order valence-corrected chi connectivity index (χ3v) is 8.90. The molecule has 44 heavy (non-hydrogen) atoms. The van der Waals surface area contributed by atoms with Crippen molar-refractivity contribution in [1.82, 2.24) is 10.2 Å². The number of nitrogens with one attached hydrogen (secondary N) is 1. The minimum absolute atomic E-state index is 0.00645. The van der Waals surface area contributed by atoms with Gasteiger partial charge in [-0.15, -0.1) is 0 Å². The molecule has 0 fully saturated rings. The van der Waals surface area contributed by atoms with Gasteiger partial charge in [0, 0.05) is 19.5 Å². The Morgan fingerprint density at radius 3 is 2.18 bits per heavy atom. The van der Waals surface area contributed by atoms with Crippen LogP contribution in [0.3, 0.4) is 0 Å². The van der Waals surface area contributed by atoms with Crippen molar-refractivity contribution < 1.29 is 27.1 Å². The number of sulfonamides is 1. The zero-order chi connectivity index (χ0) is 31.7. The maximum absolute atomic E-state index is 14.4. The van der Waals surface area contributed by atoms with Gasteiger partial charge in [0.05, 0.1) is 17.7 Å². The molecule has 0 radical (unpaired) electrons. The lowest BCUT2D eigenvalue weighted by Gasteiger charge is -2.34. The fourth-order valence-corrected chi connectivity index (χ4v) is 6.20. The Hall–Kier alpha value is -4.70. The first kappa shape index (κ1) is 32.2. The molecule has 4 aromatic carbocycles. The third kappa shape index (κ3) is 8.02. The highest BCUT2D eigenvalue weighted by Crippen LogP contribution is 2.26. The first-order valence-corrected chi connectivity index (χ1v) is 15.7. The minimum Gasteiger partial charge on any atom is -0.497 e. The lowest BCUT2D eigenvalue weighted by Crippen LogP contribution is -2.53. The van der Waals surface area contributed by atoms with Gasteiger partial charge in [-0.25, -0.2) is 12.8 Å². The van der Waals surface area contributed by atoms with Crippen LogP contribution in [-0.4, -0.2) is 51.4 Å². The normalized spacial score (nSPS) is 11.8. The van der Waals surface area contributed by atoms with Crippen LogP contribution in [0.25, 0.3) is 0 Å². The highest BCUT2D eigenvalue weighted by atomic mass is 32.2. The molecule has 0 unspecified atom stereocenters. The van der Waals surface area contributed by atoms with Crippen LogP contribution in [0.1, 0.15) is 23.6 Å². The Labute approximate surface area is 258 Å². The number of hydrogen-bond acceptors (Lipinski definition) is 5. The van der Waals surface area contributed by atoms with Crippen molar-refractivity contribution >= 4 is 27.5 Å². The Morgan fingerprint density at radius 2 is 1.55 bits per heavy atom. The molecule has 4 aromatic rings. The van der Waals surface area contributed by atoms with E-state index in [1.54, 1.807) is 43.3 Å². The van der Waals surface area contributed by atoms with Crippen molar-refractivity contribution in [2.75, 3.05) is 24.5 Å². The van der Waals surface area contributed by atoms with Gasteiger partial charge < -0.3 is 15.0 Å². The molecular weight excluding hydrogens is 581 g/mol. The fourth-order valence-electron chi connectivity index (χ4n) is 4.79. The van der Waals surface area contributed by atoms with E-state index in [9.17, 15) is 22.4 Å². The molecule has 230 valence electrons. The summed E-state index contributed by atoms with van der Waals surface area (Å²) in [4.78, 5) is 29.3. The summed E-state index contributed by atoms with van der Waals surface area (Å²) in [7, 11) is -2.73. The van der Waals surface area contributed by atoms with Gasteiger partial charge in [-0.1, -0.05) is 60.2 Å². The molecular formula is C34H36FN3O5S. The van der Waals surface area contributed by atoms with Gasteiger partial charge in [0.1, 0.15) is 24.2 Å². The average molecular weight is 618 g/mol. The smallest absolute Gasteiger partial charge is 0.264 e. The molecule has 0 saturated heterocycles. The molecule has 1 atom stereocenters. The predicted octanol–water partition coefficient (Wildman–Crippen LogP) is 5.11. The van der Waals surface area contributed by atoms with Crippen molar-refractivity contribution in [2.24, 2.45) is 0 Å². The molecule has 0 heterocycles. The number of carbonyl (C=O) groups is 2. The molecule has 8 nitrogen and oxygen atoms in total. The third-order valence-electron chi connectivity index (χ3n) is 7.11. The molecule has 0 spiro atoms. The number of benzene rings is 4. The second-order valence-corrected chi connectivity index (χ2v) is 12.1. The molecule has 0 aliphatic heterocycles. The van der Waals surface area contributed by atoms with Gasteiger partial charge in [0.15, 0.2) is 0 Å². The number of amides is 2. The molecule has 0 aliphatic rings. The molecule has 1 N–H and O–H groups in total. The standard InChI is InChI=1S/C34H36FN3O5S/c1-4-36-34(40)32(22-26-9-6-5-7-10-26)37(23-27-11-8-12-30(21-27)43-3)33(39)24-38(29-17-15-28(35)16-18-29)44(41,42)31-19-13-25(2)14-20-31/h5-21,32H,4,22-24H2,1-3H3,(H,36,40)/t32-/m1/s1. The minimum atomic E-state index is -4.27.